The molecule has 3 heterocycles. The summed E-state index contributed by atoms with van der Waals surface area (Å²) in [4.78, 5) is 61.3. The van der Waals surface area contributed by atoms with Crippen LogP contribution in [0.2, 0.25) is 5.02 Å². The van der Waals surface area contributed by atoms with Crippen molar-refractivity contribution in [3.05, 3.63) is 58.8 Å². The highest BCUT2D eigenvalue weighted by Crippen LogP contribution is 2.35. The largest absolute Gasteiger partial charge is 0.464 e. The third-order valence-electron chi connectivity index (χ3n) is 8.24. The van der Waals surface area contributed by atoms with Gasteiger partial charge in [0.25, 0.3) is 0 Å². The number of anilines is 3. The van der Waals surface area contributed by atoms with E-state index in [1.165, 1.54) is 19.2 Å². The summed E-state index contributed by atoms with van der Waals surface area (Å²) < 4.78 is 30.7. The lowest BCUT2D eigenvalue weighted by Gasteiger charge is -2.28. The number of benzene rings is 2. The summed E-state index contributed by atoms with van der Waals surface area (Å²) in [6.45, 7) is 2.21. The molecular weight excluding hydrogens is 647 g/mol. The quantitative estimate of drug-likeness (QED) is 0.179. The molecule has 256 valence electrons. The summed E-state index contributed by atoms with van der Waals surface area (Å²) in [5, 5.41) is 8.35. The number of hydrogen-bond acceptors (Lipinski definition) is 9. The highest BCUT2D eigenvalue weighted by atomic mass is 35.5. The molecule has 2 aliphatic heterocycles. The van der Waals surface area contributed by atoms with Crippen molar-refractivity contribution in [2.24, 2.45) is 0 Å². The van der Waals surface area contributed by atoms with E-state index in [1.807, 2.05) is 0 Å². The number of rotatable bonds is 4. The zero-order chi connectivity index (χ0) is 34.2. The van der Waals surface area contributed by atoms with Crippen LogP contribution in [-0.4, -0.2) is 71.8 Å². The number of nitrogens with zero attached hydrogens (tertiary/aromatic N) is 2. The highest BCUT2D eigenvalue weighted by molar-refractivity contribution is 6.31. The lowest BCUT2D eigenvalue weighted by molar-refractivity contribution is -0.144. The summed E-state index contributed by atoms with van der Waals surface area (Å²) >= 11 is 6.12. The van der Waals surface area contributed by atoms with Gasteiger partial charge in [0.05, 0.1) is 49.2 Å². The molecular formula is C33H38ClFN6O7. The normalized spacial score (nSPS) is 18.5. The molecule has 2 aliphatic rings. The zero-order valence-corrected chi connectivity index (χ0v) is 27.5. The number of nitrogens with one attached hydrogen (secondary N) is 4. The van der Waals surface area contributed by atoms with Crippen LogP contribution < -0.4 is 16.0 Å². The Hall–Kier alpha value is -4.85. The molecule has 0 saturated heterocycles. The molecule has 2 unspecified atom stereocenters. The molecule has 0 aliphatic carbocycles. The Kier molecular flexibility index (Phi) is 11.4. The van der Waals surface area contributed by atoms with E-state index in [1.54, 1.807) is 36.2 Å². The van der Waals surface area contributed by atoms with Gasteiger partial charge in [0.15, 0.2) is 0 Å². The third-order valence-corrected chi connectivity index (χ3v) is 8.53. The van der Waals surface area contributed by atoms with Crippen LogP contribution in [0.15, 0.2) is 36.5 Å². The fraction of sp³-hybridized carbons (Fsp3) is 0.424. The van der Waals surface area contributed by atoms with Gasteiger partial charge in [0, 0.05) is 35.2 Å². The predicted octanol–water partition coefficient (Wildman–Crippen LogP) is 6.42. The molecule has 0 spiro atoms. The molecule has 2 atom stereocenters. The molecule has 0 fully saturated rings. The molecule has 2 aromatic carbocycles. The number of aromatic amines is 1. The third kappa shape index (κ3) is 8.16. The van der Waals surface area contributed by atoms with Gasteiger partial charge in [-0.05, 0) is 62.9 Å². The summed E-state index contributed by atoms with van der Waals surface area (Å²) in [5.74, 6) is -1.74. The number of esters is 1. The number of amides is 3. The molecule has 4 N–H and O–H groups in total. The minimum atomic E-state index is -0.735. The monoisotopic (exact) mass is 684 g/mol. The van der Waals surface area contributed by atoms with Crippen molar-refractivity contribution in [2.45, 2.75) is 64.0 Å². The van der Waals surface area contributed by atoms with Gasteiger partial charge in [0.1, 0.15) is 17.7 Å². The van der Waals surface area contributed by atoms with Gasteiger partial charge < -0.3 is 29.4 Å². The molecule has 5 rings (SSSR count). The van der Waals surface area contributed by atoms with Crippen molar-refractivity contribution in [1.29, 1.82) is 0 Å². The summed E-state index contributed by atoms with van der Waals surface area (Å²) in [6.07, 6.45) is 3.26. The maximum absolute atomic E-state index is 15.4. The van der Waals surface area contributed by atoms with E-state index in [4.69, 9.17) is 30.8 Å². The van der Waals surface area contributed by atoms with Crippen LogP contribution in [0.1, 0.15) is 62.8 Å². The number of ether oxygens (including phenoxy) is 3. The van der Waals surface area contributed by atoms with Crippen molar-refractivity contribution < 1.29 is 37.8 Å². The van der Waals surface area contributed by atoms with E-state index >= 15 is 4.39 Å². The predicted molar refractivity (Wildman–Crippen MR) is 176 cm³/mol. The van der Waals surface area contributed by atoms with E-state index < -0.39 is 35.9 Å². The van der Waals surface area contributed by atoms with Crippen molar-refractivity contribution in [3.8, 4) is 11.3 Å². The molecule has 3 amide bonds. The Morgan fingerprint density at radius 3 is 2.73 bits per heavy atom. The van der Waals surface area contributed by atoms with Gasteiger partial charge in [0.2, 0.25) is 5.91 Å². The number of halogens is 2. The lowest BCUT2D eigenvalue weighted by atomic mass is 9.96. The summed E-state index contributed by atoms with van der Waals surface area (Å²) in [5.41, 5.74) is 2.29. The molecule has 0 radical (unpaired) electrons. The van der Waals surface area contributed by atoms with Gasteiger partial charge in [-0.25, -0.2) is 23.8 Å². The fourth-order valence-electron chi connectivity index (χ4n) is 5.80. The molecule has 2 bridgehead atoms. The van der Waals surface area contributed by atoms with Gasteiger partial charge in [-0.15, -0.1) is 0 Å². The number of imidazole rings is 1. The highest BCUT2D eigenvalue weighted by Gasteiger charge is 2.32. The van der Waals surface area contributed by atoms with Crippen molar-refractivity contribution in [3.63, 3.8) is 0 Å². The van der Waals surface area contributed by atoms with Crippen LogP contribution in [0.5, 0.6) is 0 Å². The van der Waals surface area contributed by atoms with E-state index in [2.05, 4.69) is 20.9 Å². The molecule has 0 saturated carbocycles. The molecule has 1 aromatic heterocycles. The molecule has 48 heavy (non-hydrogen) atoms. The first-order valence-electron chi connectivity index (χ1n) is 15.9. The minimum absolute atomic E-state index is 0.0663. The van der Waals surface area contributed by atoms with E-state index in [0.29, 0.717) is 67.0 Å². The van der Waals surface area contributed by atoms with Crippen LogP contribution in [0.25, 0.3) is 11.3 Å². The van der Waals surface area contributed by atoms with Crippen LogP contribution in [0.4, 0.5) is 31.0 Å². The summed E-state index contributed by atoms with van der Waals surface area (Å²) in [7, 11) is 1.26. The fourth-order valence-corrected chi connectivity index (χ4v) is 5.98. The maximum Gasteiger partial charge on any atom is 0.411 e. The van der Waals surface area contributed by atoms with Crippen LogP contribution >= 0.6 is 11.6 Å². The van der Waals surface area contributed by atoms with Crippen LogP contribution in [0.3, 0.4) is 0 Å². The first-order chi connectivity index (χ1) is 23.2. The number of H-pyrrole nitrogens is 1. The second-order valence-corrected chi connectivity index (χ2v) is 11.9. The van der Waals surface area contributed by atoms with Crippen LogP contribution in [0, 0.1) is 5.82 Å². The SMILES string of the molecule is CCOC(=O)C1CCCCC(C(=O)N2CCCCOC(=O)Nc3ccc(Cl)c(F)c3C2)c2nc(c[nH]2)-c2ccc(NC(=O)OC)cc2N1. The Balaban J connectivity index is 1.51. The lowest BCUT2D eigenvalue weighted by Crippen LogP contribution is -2.36. The van der Waals surface area contributed by atoms with E-state index in [9.17, 15) is 19.2 Å². The van der Waals surface area contributed by atoms with Crippen molar-refractivity contribution >= 4 is 52.7 Å². The second-order valence-electron chi connectivity index (χ2n) is 11.4. The standard InChI is InChI=1S/C33H38ClFN6O7/c1-3-47-31(43)25-9-5-4-8-21(29-36-17-27(39-29)20-11-10-19(16-26(20)38-25)37-32(44)46-2)30(42)41-14-6-7-15-48-33(45)40-24-13-12-23(34)28(35)22(24)18-41/h10-13,16-17,21,25,38H,3-9,14-15,18H2,1-2H3,(H,36,39)(H,37,44)(H,40,45). The Bertz CT molecular complexity index is 1670. The Morgan fingerprint density at radius 1 is 1.12 bits per heavy atom. The molecule has 13 nitrogen and oxygen atoms in total. The van der Waals surface area contributed by atoms with Crippen molar-refractivity contribution in [1.82, 2.24) is 14.9 Å². The number of carbonyl (C=O) groups excluding carboxylic acids is 4. The maximum atomic E-state index is 15.4. The number of aromatic nitrogens is 2. The smallest absolute Gasteiger partial charge is 0.411 e. The Morgan fingerprint density at radius 2 is 1.94 bits per heavy atom. The molecule has 15 heteroatoms. The van der Waals surface area contributed by atoms with Gasteiger partial charge >= 0.3 is 18.2 Å². The molecule has 3 aromatic rings. The second kappa shape index (κ2) is 15.8. The summed E-state index contributed by atoms with van der Waals surface area (Å²) in [6, 6.07) is 7.20. The topological polar surface area (TPSA) is 164 Å². The van der Waals surface area contributed by atoms with E-state index in [-0.39, 0.29) is 48.5 Å². The number of fused-ring (bicyclic) bond motifs is 5. The van der Waals surface area contributed by atoms with Crippen LogP contribution in [-0.2, 0) is 30.3 Å². The van der Waals surface area contributed by atoms with Gasteiger partial charge in [-0.2, -0.15) is 0 Å². The first kappa shape index (κ1) is 34.5. The Labute approximate surface area is 281 Å². The van der Waals surface area contributed by atoms with Gasteiger partial charge in [-0.3, -0.25) is 15.4 Å². The minimum Gasteiger partial charge on any atom is -0.464 e. The van der Waals surface area contributed by atoms with Crippen molar-refractivity contribution in [2.75, 3.05) is 42.8 Å². The number of hydrogen-bond donors (Lipinski definition) is 4. The van der Waals surface area contributed by atoms with Gasteiger partial charge in [-0.1, -0.05) is 24.4 Å². The average Bonchev–Trinajstić information content (AvgIpc) is 3.54. The van der Waals surface area contributed by atoms with E-state index in [0.717, 1.165) is 0 Å². The number of methoxy groups -OCH3 is 1. The zero-order valence-electron chi connectivity index (χ0n) is 26.7. The number of carbonyl (C=O) groups is 4. The number of cyclic esters (lactones) is 1. The average molecular weight is 685 g/mol. The first-order valence-corrected chi connectivity index (χ1v) is 16.2.